The van der Waals surface area contributed by atoms with Gasteiger partial charge in [0.1, 0.15) is 17.6 Å². The van der Waals surface area contributed by atoms with Gasteiger partial charge in [-0.05, 0) is 12.5 Å². The smallest absolute Gasteiger partial charge is 0.220 e. The van der Waals surface area contributed by atoms with E-state index in [1.807, 2.05) is 49.0 Å². The van der Waals surface area contributed by atoms with Crippen LogP contribution < -0.4 is 10.1 Å². The van der Waals surface area contributed by atoms with Gasteiger partial charge in [-0.3, -0.25) is 4.79 Å². The predicted octanol–water partition coefficient (Wildman–Crippen LogP) is 2.43. The second kappa shape index (κ2) is 6.92. The Morgan fingerprint density at radius 3 is 2.81 bits per heavy atom. The van der Waals surface area contributed by atoms with Gasteiger partial charge in [0.15, 0.2) is 0 Å². The molecule has 2 rings (SSSR count). The van der Waals surface area contributed by atoms with Crippen LogP contribution in [-0.2, 0) is 11.8 Å². The molecule has 0 saturated carbocycles. The molecule has 5 nitrogen and oxygen atoms in total. The Labute approximate surface area is 125 Å². The van der Waals surface area contributed by atoms with Crippen LogP contribution in [-0.4, -0.2) is 22.6 Å². The quantitative estimate of drug-likeness (QED) is 0.887. The molecule has 112 valence electrons. The first kappa shape index (κ1) is 15.1. The molecule has 0 fully saturated rings. The number of methoxy groups -OCH3 is 1. The van der Waals surface area contributed by atoms with Crippen molar-refractivity contribution in [2.45, 2.75) is 25.8 Å². The molecule has 5 heteroatoms. The fourth-order valence-corrected chi connectivity index (χ4v) is 2.30. The van der Waals surface area contributed by atoms with Gasteiger partial charge in [0, 0.05) is 31.4 Å². The van der Waals surface area contributed by atoms with E-state index in [4.69, 9.17) is 4.74 Å². The molecule has 1 aromatic carbocycles. The molecule has 0 saturated heterocycles. The van der Waals surface area contributed by atoms with Crippen molar-refractivity contribution in [2.75, 3.05) is 7.11 Å². The number of para-hydroxylation sites is 1. The molecule has 0 aliphatic heterocycles. The Balaban J connectivity index is 2.40. The Kier molecular flexibility index (Phi) is 4.98. The average Bonchev–Trinajstić information content (AvgIpc) is 2.91. The summed E-state index contributed by atoms with van der Waals surface area (Å²) >= 11 is 0. The number of imidazole rings is 1. The van der Waals surface area contributed by atoms with Crippen molar-refractivity contribution >= 4 is 5.91 Å². The van der Waals surface area contributed by atoms with Gasteiger partial charge >= 0.3 is 0 Å². The minimum atomic E-state index is -0.319. The number of rotatable bonds is 6. The van der Waals surface area contributed by atoms with Gasteiger partial charge in [-0.2, -0.15) is 0 Å². The molecule has 1 amide bonds. The topological polar surface area (TPSA) is 56.1 Å². The lowest BCUT2D eigenvalue weighted by atomic mass is 10.0. The number of hydrogen-bond donors (Lipinski definition) is 1. The van der Waals surface area contributed by atoms with Gasteiger partial charge in [-0.15, -0.1) is 0 Å². The lowest BCUT2D eigenvalue weighted by molar-refractivity contribution is -0.121. The molecule has 1 aromatic heterocycles. The molecular weight excluding hydrogens is 266 g/mol. The van der Waals surface area contributed by atoms with E-state index in [-0.39, 0.29) is 11.9 Å². The highest BCUT2D eigenvalue weighted by Crippen LogP contribution is 2.29. The molecule has 0 spiro atoms. The third-order valence-electron chi connectivity index (χ3n) is 3.35. The highest BCUT2D eigenvalue weighted by Gasteiger charge is 2.23. The van der Waals surface area contributed by atoms with E-state index in [0.29, 0.717) is 6.42 Å². The van der Waals surface area contributed by atoms with Gasteiger partial charge in [-0.1, -0.05) is 25.1 Å². The summed E-state index contributed by atoms with van der Waals surface area (Å²) in [5, 5.41) is 3.05. The standard InChI is InChI=1S/C16H21N3O2/c1-4-7-14(20)18-15(16-17-10-11-19(16)2)12-8-5-6-9-13(12)21-3/h5-6,8-11,15H,4,7H2,1-3H3,(H,18,20). The van der Waals surface area contributed by atoms with E-state index in [9.17, 15) is 4.79 Å². The largest absolute Gasteiger partial charge is 0.496 e. The molecule has 1 unspecified atom stereocenters. The number of carbonyl (C=O) groups excluding carboxylic acids is 1. The molecule has 2 aromatic rings. The zero-order valence-electron chi connectivity index (χ0n) is 12.7. The van der Waals surface area contributed by atoms with E-state index in [0.717, 1.165) is 23.6 Å². The number of ether oxygens (including phenoxy) is 1. The maximum Gasteiger partial charge on any atom is 0.220 e. The van der Waals surface area contributed by atoms with Gasteiger partial charge < -0.3 is 14.6 Å². The third-order valence-corrected chi connectivity index (χ3v) is 3.35. The molecular formula is C16H21N3O2. The Bertz CT molecular complexity index is 607. The monoisotopic (exact) mass is 287 g/mol. The molecule has 0 aliphatic carbocycles. The van der Waals surface area contributed by atoms with Crippen LogP contribution in [0.5, 0.6) is 5.75 Å². The van der Waals surface area contributed by atoms with Crippen LogP contribution in [0, 0.1) is 0 Å². The summed E-state index contributed by atoms with van der Waals surface area (Å²) in [4.78, 5) is 16.4. The maximum absolute atomic E-state index is 12.0. The highest BCUT2D eigenvalue weighted by molar-refractivity contribution is 5.76. The minimum absolute atomic E-state index is 0.0106. The lowest BCUT2D eigenvalue weighted by Crippen LogP contribution is -2.31. The lowest BCUT2D eigenvalue weighted by Gasteiger charge is -2.21. The van der Waals surface area contributed by atoms with Crippen LogP contribution >= 0.6 is 0 Å². The van der Waals surface area contributed by atoms with Crippen LogP contribution in [0.2, 0.25) is 0 Å². The predicted molar refractivity (Wildman–Crippen MR) is 81.1 cm³/mol. The Hall–Kier alpha value is -2.30. The van der Waals surface area contributed by atoms with Crippen molar-refractivity contribution < 1.29 is 9.53 Å². The summed E-state index contributed by atoms with van der Waals surface area (Å²) in [5.41, 5.74) is 0.902. The first-order valence-corrected chi connectivity index (χ1v) is 7.06. The average molecular weight is 287 g/mol. The summed E-state index contributed by atoms with van der Waals surface area (Å²) in [6.45, 7) is 1.98. The van der Waals surface area contributed by atoms with Crippen molar-refractivity contribution in [3.63, 3.8) is 0 Å². The number of nitrogens with one attached hydrogen (secondary N) is 1. The second-order valence-corrected chi connectivity index (χ2v) is 4.89. The second-order valence-electron chi connectivity index (χ2n) is 4.89. The molecule has 1 atom stereocenters. The van der Waals surface area contributed by atoms with E-state index in [1.54, 1.807) is 13.3 Å². The SMILES string of the molecule is CCCC(=O)NC(c1ccccc1OC)c1nccn1C. The summed E-state index contributed by atoms with van der Waals surface area (Å²) in [7, 11) is 3.54. The van der Waals surface area contributed by atoms with Crippen LogP contribution in [0.4, 0.5) is 0 Å². The van der Waals surface area contributed by atoms with Crippen molar-refractivity contribution in [1.82, 2.24) is 14.9 Å². The fourth-order valence-electron chi connectivity index (χ4n) is 2.30. The summed E-state index contributed by atoms with van der Waals surface area (Å²) in [6.07, 6.45) is 4.90. The van der Waals surface area contributed by atoms with E-state index in [2.05, 4.69) is 10.3 Å². The molecule has 1 N–H and O–H groups in total. The number of amides is 1. The van der Waals surface area contributed by atoms with Gasteiger partial charge in [0.25, 0.3) is 0 Å². The Morgan fingerprint density at radius 1 is 1.43 bits per heavy atom. The van der Waals surface area contributed by atoms with Crippen molar-refractivity contribution in [3.05, 3.63) is 48.0 Å². The maximum atomic E-state index is 12.0. The number of carbonyl (C=O) groups is 1. The van der Waals surface area contributed by atoms with Gasteiger partial charge in [-0.25, -0.2) is 4.98 Å². The van der Waals surface area contributed by atoms with Crippen molar-refractivity contribution in [3.8, 4) is 5.75 Å². The third kappa shape index (κ3) is 3.42. The molecule has 1 heterocycles. The number of aromatic nitrogens is 2. The van der Waals surface area contributed by atoms with E-state index in [1.165, 1.54) is 0 Å². The van der Waals surface area contributed by atoms with Crippen LogP contribution in [0.15, 0.2) is 36.7 Å². The van der Waals surface area contributed by atoms with Gasteiger partial charge in [0.2, 0.25) is 5.91 Å². The van der Waals surface area contributed by atoms with Crippen LogP contribution in [0.3, 0.4) is 0 Å². The number of nitrogens with zero attached hydrogens (tertiary/aromatic N) is 2. The van der Waals surface area contributed by atoms with Crippen molar-refractivity contribution in [1.29, 1.82) is 0 Å². The highest BCUT2D eigenvalue weighted by atomic mass is 16.5. The summed E-state index contributed by atoms with van der Waals surface area (Å²) in [6, 6.07) is 7.35. The van der Waals surface area contributed by atoms with Crippen LogP contribution in [0.25, 0.3) is 0 Å². The molecule has 0 bridgehead atoms. The van der Waals surface area contributed by atoms with E-state index >= 15 is 0 Å². The molecule has 0 aliphatic rings. The summed E-state index contributed by atoms with van der Waals surface area (Å²) in [5.74, 6) is 1.53. The Morgan fingerprint density at radius 2 is 2.19 bits per heavy atom. The number of hydrogen-bond acceptors (Lipinski definition) is 3. The van der Waals surface area contributed by atoms with E-state index < -0.39 is 0 Å². The fraction of sp³-hybridized carbons (Fsp3) is 0.375. The minimum Gasteiger partial charge on any atom is -0.496 e. The van der Waals surface area contributed by atoms with Crippen LogP contribution in [0.1, 0.15) is 37.2 Å². The number of aryl methyl sites for hydroxylation is 1. The molecule has 0 radical (unpaired) electrons. The zero-order valence-corrected chi connectivity index (χ0v) is 12.7. The first-order valence-electron chi connectivity index (χ1n) is 7.06. The summed E-state index contributed by atoms with van der Waals surface area (Å²) < 4.78 is 7.32. The zero-order chi connectivity index (χ0) is 15.2. The van der Waals surface area contributed by atoms with Gasteiger partial charge in [0.05, 0.1) is 7.11 Å². The first-order chi connectivity index (χ1) is 10.2. The van der Waals surface area contributed by atoms with Crippen molar-refractivity contribution in [2.24, 2.45) is 7.05 Å². The number of benzene rings is 1. The normalized spacial score (nSPS) is 12.0. The molecule has 21 heavy (non-hydrogen) atoms.